The largest absolute Gasteiger partial charge is 0.487 e. The zero-order valence-electron chi connectivity index (χ0n) is 10.3. The lowest BCUT2D eigenvalue weighted by Gasteiger charge is -2.43. The average molecular weight is 245 g/mol. The highest BCUT2D eigenvalue weighted by molar-refractivity contribution is 5.42. The molecule has 2 nitrogen and oxygen atoms in total. The van der Waals surface area contributed by atoms with Crippen LogP contribution in [-0.2, 0) is 0 Å². The maximum atomic E-state index is 13.3. The smallest absolute Gasteiger partial charge is 0.124 e. The van der Waals surface area contributed by atoms with Crippen molar-refractivity contribution < 1.29 is 9.13 Å². The van der Waals surface area contributed by atoms with Gasteiger partial charge in [0.25, 0.3) is 0 Å². The minimum Gasteiger partial charge on any atom is -0.487 e. The molecule has 1 fully saturated rings. The molecule has 1 aliphatic carbocycles. The summed E-state index contributed by atoms with van der Waals surface area (Å²) in [4.78, 5) is 0. The van der Waals surface area contributed by atoms with Gasteiger partial charge in [-0.25, -0.2) is 4.39 Å². The third-order valence-corrected chi connectivity index (χ3v) is 4.17. The number of nitriles is 1. The summed E-state index contributed by atoms with van der Waals surface area (Å²) in [5.41, 5.74) is 0.539. The Morgan fingerprint density at radius 3 is 2.78 bits per heavy atom. The molecule has 1 spiro atoms. The van der Waals surface area contributed by atoms with Crippen LogP contribution in [0.1, 0.15) is 50.0 Å². The minimum absolute atomic E-state index is 0.177. The van der Waals surface area contributed by atoms with Crippen LogP contribution in [0.15, 0.2) is 18.2 Å². The third kappa shape index (κ3) is 1.86. The fraction of sp³-hybridized carbons (Fsp3) is 0.533. The van der Waals surface area contributed by atoms with E-state index in [4.69, 9.17) is 4.74 Å². The summed E-state index contributed by atoms with van der Waals surface area (Å²) < 4.78 is 19.4. The molecule has 3 rings (SSSR count). The van der Waals surface area contributed by atoms with Crippen LogP contribution in [-0.4, -0.2) is 5.60 Å². The molecule has 1 aliphatic heterocycles. The first kappa shape index (κ1) is 11.5. The standard InChI is InChI=1S/C15H16FNO/c16-12-4-5-14-13(8-12)11(10-17)9-15(18-14)6-2-1-3-7-15/h4-5,8,11H,1-3,6-7,9H2. The number of hydrogen-bond acceptors (Lipinski definition) is 2. The van der Waals surface area contributed by atoms with E-state index in [9.17, 15) is 9.65 Å². The Morgan fingerprint density at radius 1 is 1.28 bits per heavy atom. The van der Waals surface area contributed by atoms with Crippen molar-refractivity contribution in [3.63, 3.8) is 0 Å². The van der Waals surface area contributed by atoms with Crippen LogP contribution < -0.4 is 4.74 Å². The SMILES string of the molecule is N#CC1CC2(CCCCC2)Oc2ccc(F)cc21. The Hall–Kier alpha value is -1.56. The van der Waals surface area contributed by atoms with Gasteiger partial charge in [0.1, 0.15) is 17.2 Å². The van der Waals surface area contributed by atoms with E-state index >= 15 is 0 Å². The molecule has 0 amide bonds. The van der Waals surface area contributed by atoms with Crippen LogP contribution in [0.5, 0.6) is 5.75 Å². The summed E-state index contributed by atoms with van der Waals surface area (Å²) in [5, 5.41) is 9.31. The topological polar surface area (TPSA) is 33.0 Å². The zero-order chi connectivity index (χ0) is 12.6. The minimum atomic E-state index is -0.294. The van der Waals surface area contributed by atoms with E-state index < -0.39 is 0 Å². The molecule has 18 heavy (non-hydrogen) atoms. The van der Waals surface area contributed by atoms with E-state index in [2.05, 4.69) is 6.07 Å². The fourth-order valence-electron chi connectivity index (χ4n) is 3.26. The van der Waals surface area contributed by atoms with Gasteiger partial charge >= 0.3 is 0 Å². The normalized spacial score (nSPS) is 25.0. The number of halogens is 1. The first-order valence-electron chi connectivity index (χ1n) is 6.61. The molecular weight excluding hydrogens is 229 g/mol. The first-order valence-corrected chi connectivity index (χ1v) is 6.61. The Morgan fingerprint density at radius 2 is 2.06 bits per heavy atom. The monoisotopic (exact) mass is 245 g/mol. The van der Waals surface area contributed by atoms with Gasteiger partial charge in [-0.1, -0.05) is 6.42 Å². The summed E-state index contributed by atoms with van der Waals surface area (Å²) in [7, 11) is 0. The number of rotatable bonds is 0. The van der Waals surface area contributed by atoms with Gasteiger partial charge in [-0.2, -0.15) is 5.26 Å². The number of hydrogen-bond donors (Lipinski definition) is 0. The summed E-state index contributed by atoms with van der Waals surface area (Å²) in [5.74, 6) is 0.177. The van der Waals surface area contributed by atoms with Crippen molar-refractivity contribution in [1.29, 1.82) is 5.26 Å². The summed E-state index contributed by atoms with van der Waals surface area (Å²) in [6.07, 6.45) is 6.31. The number of nitrogens with zero attached hydrogens (tertiary/aromatic N) is 1. The molecule has 1 saturated carbocycles. The molecule has 0 N–H and O–H groups in total. The van der Waals surface area contributed by atoms with Gasteiger partial charge in [-0.05, 0) is 43.9 Å². The average Bonchev–Trinajstić information content (AvgIpc) is 2.39. The molecule has 1 aromatic rings. The fourth-order valence-corrected chi connectivity index (χ4v) is 3.26. The predicted octanol–water partition coefficient (Wildman–Crippen LogP) is 3.92. The van der Waals surface area contributed by atoms with Crippen molar-refractivity contribution in [3.8, 4) is 11.8 Å². The second-order valence-corrected chi connectivity index (χ2v) is 5.41. The van der Waals surface area contributed by atoms with E-state index in [-0.39, 0.29) is 17.3 Å². The van der Waals surface area contributed by atoms with Crippen molar-refractivity contribution in [2.45, 2.75) is 50.0 Å². The molecule has 3 heteroatoms. The molecule has 1 unspecified atom stereocenters. The van der Waals surface area contributed by atoms with Gasteiger partial charge in [0.15, 0.2) is 0 Å². The number of benzene rings is 1. The zero-order valence-corrected chi connectivity index (χ0v) is 10.3. The van der Waals surface area contributed by atoms with Crippen LogP contribution in [0, 0.1) is 17.1 Å². The molecule has 2 aliphatic rings. The highest BCUT2D eigenvalue weighted by atomic mass is 19.1. The quantitative estimate of drug-likeness (QED) is 0.694. The summed E-state index contributed by atoms with van der Waals surface area (Å²) in [6, 6.07) is 6.84. The number of fused-ring (bicyclic) bond motifs is 1. The Balaban J connectivity index is 1.99. The van der Waals surface area contributed by atoms with Gasteiger partial charge in [0.05, 0.1) is 12.0 Å². The lowest BCUT2D eigenvalue weighted by atomic mass is 9.75. The van der Waals surface area contributed by atoms with Crippen molar-refractivity contribution in [1.82, 2.24) is 0 Å². The van der Waals surface area contributed by atoms with Gasteiger partial charge in [0, 0.05) is 12.0 Å². The lowest BCUT2D eigenvalue weighted by molar-refractivity contribution is 0.00658. The number of ether oxygens (including phenoxy) is 1. The second kappa shape index (κ2) is 4.28. The van der Waals surface area contributed by atoms with E-state index in [1.807, 2.05) is 0 Å². The molecular formula is C15H16FNO. The van der Waals surface area contributed by atoms with E-state index in [0.717, 1.165) is 25.7 Å². The molecule has 1 heterocycles. The van der Waals surface area contributed by atoms with Gasteiger partial charge in [0.2, 0.25) is 0 Å². The Kier molecular flexibility index (Phi) is 2.74. The summed E-state index contributed by atoms with van der Waals surface area (Å²) >= 11 is 0. The van der Waals surface area contributed by atoms with Gasteiger partial charge < -0.3 is 4.74 Å². The van der Waals surface area contributed by atoms with Crippen molar-refractivity contribution in [2.24, 2.45) is 0 Å². The maximum absolute atomic E-state index is 13.3. The molecule has 0 radical (unpaired) electrons. The van der Waals surface area contributed by atoms with Crippen LogP contribution in [0.2, 0.25) is 0 Å². The third-order valence-electron chi connectivity index (χ3n) is 4.17. The Labute approximate surface area is 106 Å². The molecule has 0 aromatic heterocycles. The first-order chi connectivity index (χ1) is 8.72. The molecule has 0 bridgehead atoms. The van der Waals surface area contributed by atoms with Crippen LogP contribution in [0.25, 0.3) is 0 Å². The van der Waals surface area contributed by atoms with E-state index in [1.54, 1.807) is 6.07 Å². The molecule has 1 aromatic carbocycles. The predicted molar refractivity (Wildman–Crippen MR) is 65.8 cm³/mol. The highest BCUT2D eigenvalue weighted by Crippen LogP contribution is 2.46. The maximum Gasteiger partial charge on any atom is 0.124 e. The van der Waals surface area contributed by atoms with Crippen molar-refractivity contribution >= 4 is 0 Å². The van der Waals surface area contributed by atoms with Gasteiger partial charge in [-0.3, -0.25) is 0 Å². The van der Waals surface area contributed by atoms with E-state index in [1.165, 1.54) is 18.6 Å². The highest BCUT2D eigenvalue weighted by Gasteiger charge is 2.41. The van der Waals surface area contributed by atoms with Gasteiger partial charge in [-0.15, -0.1) is 0 Å². The van der Waals surface area contributed by atoms with Crippen molar-refractivity contribution in [3.05, 3.63) is 29.6 Å². The van der Waals surface area contributed by atoms with Crippen LogP contribution in [0.3, 0.4) is 0 Å². The van der Waals surface area contributed by atoms with Crippen molar-refractivity contribution in [2.75, 3.05) is 0 Å². The van der Waals surface area contributed by atoms with E-state index in [0.29, 0.717) is 17.7 Å². The second-order valence-electron chi connectivity index (χ2n) is 5.41. The molecule has 0 saturated heterocycles. The van der Waals surface area contributed by atoms with Crippen LogP contribution >= 0.6 is 0 Å². The van der Waals surface area contributed by atoms with Crippen LogP contribution in [0.4, 0.5) is 4.39 Å². The molecule has 1 atom stereocenters. The molecule has 94 valence electrons. The summed E-state index contributed by atoms with van der Waals surface area (Å²) in [6.45, 7) is 0. The Bertz CT molecular complexity index is 500. The lowest BCUT2D eigenvalue weighted by Crippen LogP contribution is -2.42.